The summed E-state index contributed by atoms with van der Waals surface area (Å²) in [5, 5.41) is 1.76. The third kappa shape index (κ3) is 5.42. The summed E-state index contributed by atoms with van der Waals surface area (Å²) in [4.78, 5) is 27.4. The molecule has 8 heteroatoms. The number of hydrogen-bond acceptors (Lipinski definition) is 4. The highest BCUT2D eigenvalue weighted by Crippen LogP contribution is 2.35. The van der Waals surface area contributed by atoms with Gasteiger partial charge in [0.25, 0.3) is 11.1 Å². The average Bonchev–Trinajstić information content (AvgIpc) is 3.38. The number of carbonyl (C=O) groups excluding carboxylic acids is 2. The lowest BCUT2D eigenvalue weighted by Crippen LogP contribution is -2.32. The topological polar surface area (TPSA) is 51.5 Å². The van der Waals surface area contributed by atoms with Gasteiger partial charge >= 0.3 is 0 Å². The minimum Gasteiger partial charge on any atom is -0.492 e. The first-order valence-electron chi connectivity index (χ1n) is 11.9. The molecule has 0 unspecified atom stereocenters. The van der Waals surface area contributed by atoms with Crippen LogP contribution in [0.4, 0.5) is 4.79 Å². The van der Waals surface area contributed by atoms with Crippen LogP contribution in [-0.4, -0.2) is 33.8 Å². The third-order valence-corrected chi connectivity index (χ3v) is 7.86. The number of halogens is 2. The van der Waals surface area contributed by atoms with E-state index in [-0.39, 0.29) is 24.3 Å². The number of aromatic nitrogens is 1. The maximum Gasteiger partial charge on any atom is 0.293 e. The molecule has 188 valence electrons. The quantitative estimate of drug-likeness (QED) is 0.211. The van der Waals surface area contributed by atoms with Crippen LogP contribution in [0.2, 0.25) is 10.0 Å². The second kappa shape index (κ2) is 11.1. The molecule has 1 saturated heterocycles. The van der Waals surface area contributed by atoms with Crippen molar-refractivity contribution < 1.29 is 14.3 Å². The highest BCUT2D eigenvalue weighted by Gasteiger charge is 2.35. The zero-order valence-corrected chi connectivity index (χ0v) is 22.4. The number of para-hydroxylation sites is 2. The smallest absolute Gasteiger partial charge is 0.293 e. The molecule has 5 rings (SSSR count). The van der Waals surface area contributed by atoms with E-state index in [1.807, 2.05) is 66.9 Å². The number of aryl methyl sites for hydroxylation is 1. The zero-order valence-electron chi connectivity index (χ0n) is 20.1. The summed E-state index contributed by atoms with van der Waals surface area (Å²) in [7, 11) is 0. The minimum absolute atomic E-state index is 0.190. The van der Waals surface area contributed by atoms with Crippen LogP contribution in [0.1, 0.15) is 23.6 Å². The van der Waals surface area contributed by atoms with Gasteiger partial charge in [0, 0.05) is 23.7 Å². The molecule has 37 heavy (non-hydrogen) atoms. The Hall–Kier alpha value is -3.19. The summed E-state index contributed by atoms with van der Waals surface area (Å²) < 4.78 is 7.85. The lowest BCUT2D eigenvalue weighted by Gasteiger charge is -2.13. The van der Waals surface area contributed by atoms with Gasteiger partial charge in [0.1, 0.15) is 12.4 Å². The summed E-state index contributed by atoms with van der Waals surface area (Å²) in [5.41, 5.74) is 4.19. The molecular formula is C29H24Cl2N2O3S. The molecule has 1 aliphatic heterocycles. The summed E-state index contributed by atoms with van der Waals surface area (Å²) in [6.45, 7) is 3.14. The molecule has 1 aliphatic rings. The second-order valence-corrected chi connectivity index (χ2v) is 10.4. The predicted molar refractivity (Wildman–Crippen MR) is 151 cm³/mol. The predicted octanol–water partition coefficient (Wildman–Crippen LogP) is 7.67. The lowest BCUT2D eigenvalue weighted by atomic mass is 10.1. The minimum atomic E-state index is -0.302. The number of benzene rings is 3. The van der Waals surface area contributed by atoms with Crippen molar-refractivity contribution in [3.8, 4) is 5.75 Å². The van der Waals surface area contributed by atoms with Crippen molar-refractivity contribution >= 4 is 63.1 Å². The molecule has 0 radical (unpaired) electrons. The van der Waals surface area contributed by atoms with Crippen molar-refractivity contribution in [2.75, 3.05) is 13.2 Å². The molecule has 0 atom stereocenters. The average molecular weight is 551 g/mol. The molecule has 0 N–H and O–H groups in total. The van der Waals surface area contributed by atoms with Crippen molar-refractivity contribution in [3.63, 3.8) is 0 Å². The number of hydrogen-bond donors (Lipinski definition) is 0. The Kier molecular flexibility index (Phi) is 7.60. The van der Waals surface area contributed by atoms with Crippen molar-refractivity contribution in [1.29, 1.82) is 0 Å². The van der Waals surface area contributed by atoms with Crippen molar-refractivity contribution in [3.05, 3.63) is 105 Å². The Labute approximate surface area is 229 Å². The van der Waals surface area contributed by atoms with Crippen LogP contribution in [0.3, 0.4) is 0 Å². The highest BCUT2D eigenvalue weighted by atomic mass is 35.5. The van der Waals surface area contributed by atoms with E-state index in [0.29, 0.717) is 27.2 Å². The normalized spacial score (nSPS) is 14.8. The SMILES string of the molecule is CCc1cccc2c(/C=C3\SC(=O)N(CCOc4ccccc4)C3=O)cn(Cc3ccc(Cl)c(Cl)c3)c12. The number of imide groups is 1. The number of rotatable bonds is 8. The first kappa shape index (κ1) is 25.5. The fourth-order valence-electron chi connectivity index (χ4n) is 4.43. The van der Waals surface area contributed by atoms with Gasteiger partial charge < -0.3 is 9.30 Å². The number of thioether (sulfide) groups is 1. The van der Waals surface area contributed by atoms with Crippen LogP contribution in [-0.2, 0) is 17.8 Å². The van der Waals surface area contributed by atoms with Crippen LogP contribution in [0.5, 0.6) is 5.75 Å². The number of amides is 2. The largest absolute Gasteiger partial charge is 0.492 e. The summed E-state index contributed by atoms with van der Waals surface area (Å²) >= 11 is 13.3. The molecule has 4 aromatic rings. The maximum atomic E-state index is 13.1. The van der Waals surface area contributed by atoms with Crippen LogP contribution in [0, 0.1) is 0 Å². The summed E-state index contributed by atoms with van der Waals surface area (Å²) in [5.74, 6) is 0.398. The first-order valence-corrected chi connectivity index (χ1v) is 13.5. The fourth-order valence-corrected chi connectivity index (χ4v) is 5.61. The Bertz CT molecular complexity index is 1510. The molecule has 5 nitrogen and oxygen atoms in total. The molecule has 2 heterocycles. The number of ether oxygens (including phenoxy) is 1. The molecule has 1 aromatic heterocycles. The number of nitrogens with zero attached hydrogens (tertiary/aromatic N) is 2. The van der Waals surface area contributed by atoms with Gasteiger partial charge in [-0.15, -0.1) is 0 Å². The number of fused-ring (bicyclic) bond motifs is 1. The van der Waals surface area contributed by atoms with Crippen LogP contribution in [0.25, 0.3) is 17.0 Å². The first-order chi connectivity index (χ1) is 17.9. The third-order valence-electron chi connectivity index (χ3n) is 6.22. The van der Waals surface area contributed by atoms with Gasteiger partial charge in [-0.05, 0) is 59.7 Å². The molecular weight excluding hydrogens is 527 g/mol. The van der Waals surface area contributed by atoms with E-state index < -0.39 is 0 Å². The molecule has 0 bridgehead atoms. The standard InChI is InChI=1S/C29H24Cl2N2O3S/c1-2-20-7-6-10-23-21(18-32(27(20)23)17-19-11-12-24(30)25(31)15-19)16-26-28(34)33(29(35)37-26)13-14-36-22-8-4-3-5-9-22/h3-12,15-16,18H,2,13-14,17H2,1H3/b26-16-. The van der Waals surface area contributed by atoms with Gasteiger partial charge in [-0.1, -0.05) is 72.6 Å². The monoisotopic (exact) mass is 550 g/mol. The van der Waals surface area contributed by atoms with Gasteiger partial charge in [-0.3, -0.25) is 14.5 Å². The summed E-state index contributed by atoms with van der Waals surface area (Å²) in [6, 6.07) is 21.1. The van der Waals surface area contributed by atoms with E-state index in [9.17, 15) is 9.59 Å². The van der Waals surface area contributed by atoms with Crippen molar-refractivity contribution in [2.24, 2.45) is 0 Å². The van der Waals surface area contributed by atoms with Gasteiger partial charge in [0.05, 0.1) is 27.0 Å². The van der Waals surface area contributed by atoms with E-state index in [2.05, 4.69) is 17.6 Å². The fraction of sp³-hybridized carbons (Fsp3) is 0.172. The molecule has 0 aliphatic carbocycles. The van der Waals surface area contributed by atoms with Crippen LogP contribution >= 0.6 is 35.0 Å². The Morgan fingerprint density at radius 2 is 1.78 bits per heavy atom. The van der Waals surface area contributed by atoms with Gasteiger partial charge in [0.15, 0.2) is 0 Å². The highest BCUT2D eigenvalue weighted by molar-refractivity contribution is 8.18. The molecule has 2 amide bonds. The van der Waals surface area contributed by atoms with E-state index >= 15 is 0 Å². The molecule has 0 saturated carbocycles. The van der Waals surface area contributed by atoms with Gasteiger partial charge in [0.2, 0.25) is 0 Å². The Balaban J connectivity index is 1.42. The van der Waals surface area contributed by atoms with Gasteiger partial charge in [-0.2, -0.15) is 0 Å². The lowest BCUT2D eigenvalue weighted by molar-refractivity contribution is -0.123. The van der Waals surface area contributed by atoms with E-state index in [4.69, 9.17) is 27.9 Å². The van der Waals surface area contributed by atoms with Crippen LogP contribution in [0.15, 0.2) is 77.8 Å². The molecule has 3 aromatic carbocycles. The molecule has 0 spiro atoms. The Morgan fingerprint density at radius 1 is 0.973 bits per heavy atom. The van der Waals surface area contributed by atoms with E-state index in [0.717, 1.165) is 40.2 Å². The molecule has 1 fully saturated rings. The number of carbonyl (C=O) groups is 2. The summed E-state index contributed by atoms with van der Waals surface area (Å²) in [6.07, 6.45) is 4.70. The van der Waals surface area contributed by atoms with Crippen LogP contribution < -0.4 is 4.74 Å². The van der Waals surface area contributed by atoms with E-state index in [1.165, 1.54) is 10.5 Å². The second-order valence-electron chi connectivity index (χ2n) is 8.62. The van der Waals surface area contributed by atoms with E-state index in [1.54, 1.807) is 6.07 Å². The Morgan fingerprint density at radius 3 is 2.54 bits per heavy atom. The van der Waals surface area contributed by atoms with Crippen molar-refractivity contribution in [2.45, 2.75) is 19.9 Å². The van der Waals surface area contributed by atoms with Crippen molar-refractivity contribution in [1.82, 2.24) is 9.47 Å². The zero-order chi connectivity index (χ0) is 25.9. The maximum absolute atomic E-state index is 13.1. The van der Waals surface area contributed by atoms with Gasteiger partial charge in [-0.25, -0.2) is 0 Å².